The smallest absolute Gasteiger partial charge is 0.332 e. The van der Waals surface area contributed by atoms with Crippen LogP contribution in [0.1, 0.15) is 19.2 Å². The van der Waals surface area contributed by atoms with Crippen molar-refractivity contribution in [3.8, 4) is 11.5 Å². The summed E-state index contributed by atoms with van der Waals surface area (Å²) in [6.45, 7) is 1.99. The van der Waals surface area contributed by atoms with Crippen molar-refractivity contribution < 1.29 is 14.3 Å². The van der Waals surface area contributed by atoms with Gasteiger partial charge in [-0.1, -0.05) is 18.7 Å². The van der Waals surface area contributed by atoms with Crippen LogP contribution in [0.5, 0.6) is 11.5 Å². The fourth-order valence-corrected chi connectivity index (χ4v) is 3.99. The molecule has 3 aromatic rings. The minimum absolute atomic E-state index is 0.0119. The summed E-state index contributed by atoms with van der Waals surface area (Å²) in [5.74, 6) is 1.29. The van der Waals surface area contributed by atoms with E-state index >= 15 is 0 Å². The second-order valence-corrected chi connectivity index (χ2v) is 7.97. The van der Waals surface area contributed by atoms with Crippen LogP contribution >= 0.6 is 11.8 Å². The Hall–Kier alpha value is -3.34. The van der Waals surface area contributed by atoms with E-state index in [-0.39, 0.29) is 22.7 Å². The molecule has 0 aliphatic rings. The summed E-state index contributed by atoms with van der Waals surface area (Å²) in [5.41, 5.74) is -0.148. The number of benzene rings is 1. The number of aryl methyl sites for hydroxylation is 2. The number of amides is 1. The van der Waals surface area contributed by atoms with Gasteiger partial charge >= 0.3 is 5.69 Å². The maximum Gasteiger partial charge on any atom is 0.332 e. The molecule has 1 amide bonds. The molecule has 3 rings (SSSR count). The largest absolute Gasteiger partial charge is 0.493 e. The van der Waals surface area contributed by atoms with E-state index in [1.54, 1.807) is 25.2 Å². The van der Waals surface area contributed by atoms with Crippen LogP contribution < -0.4 is 26.0 Å². The summed E-state index contributed by atoms with van der Waals surface area (Å²) in [7, 11) is 6.01. The summed E-state index contributed by atoms with van der Waals surface area (Å²) in [5, 5.41) is 3.39. The standard InChI is InChI=1S/C21H25N5O5S/c1-6-7-15-23-18-17(20(28)26(3)21(29)25(18)2)19(24-15)32-11-16(27)22-12-8-9-13(30-4)14(10-12)31-5/h8-10H,6-7,11H2,1-5H3,(H,22,27). The highest BCUT2D eigenvalue weighted by molar-refractivity contribution is 8.00. The van der Waals surface area contributed by atoms with Crippen LogP contribution in [-0.2, 0) is 25.3 Å². The number of methoxy groups -OCH3 is 2. The second kappa shape index (κ2) is 9.86. The van der Waals surface area contributed by atoms with Crippen LogP contribution in [0.15, 0.2) is 32.8 Å². The van der Waals surface area contributed by atoms with Crippen LogP contribution in [0.25, 0.3) is 11.0 Å². The maximum atomic E-state index is 12.8. The summed E-state index contributed by atoms with van der Waals surface area (Å²) >= 11 is 1.12. The van der Waals surface area contributed by atoms with Gasteiger partial charge in [0.15, 0.2) is 17.1 Å². The Balaban J connectivity index is 1.90. The number of hydrogen-bond acceptors (Lipinski definition) is 8. The Bertz CT molecular complexity index is 1280. The van der Waals surface area contributed by atoms with Gasteiger partial charge in [0.1, 0.15) is 16.2 Å². The highest BCUT2D eigenvalue weighted by Gasteiger charge is 2.18. The van der Waals surface area contributed by atoms with Gasteiger partial charge in [0.05, 0.1) is 20.0 Å². The number of ether oxygens (including phenoxy) is 2. The van der Waals surface area contributed by atoms with Gasteiger partial charge in [0.2, 0.25) is 5.91 Å². The van der Waals surface area contributed by atoms with E-state index in [4.69, 9.17) is 9.47 Å². The first-order valence-corrected chi connectivity index (χ1v) is 10.9. The average Bonchev–Trinajstić information content (AvgIpc) is 2.79. The van der Waals surface area contributed by atoms with E-state index in [9.17, 15) is 14.4 Å². The third-order valence-electron chi connectivity index (χ3n) is 4.79. The van der Waals surface area contributed by atoms with Crippen molar-refractivity contribution in [2.75, 3.05) is 25.3 Å². The quantitative estimate of drug-likeness (QED) is 0.400. The van der Waals surface area contributed by atoms with Crippen LogP contribution in [0.3, 0.4) is 0 Å². The number of rotatable bonds is 8. The highest BCUT2D eigenvalue weighted by atomic mass is 32.2. The van der Waals surface area contributed by atoms with Crippen LogP contribution in [-0.4, -0.2) is 45.0 Å². The van der Waals surface area contributed by atoms with Gasteiger partial charge in [-0.25, -0.2) is 14.8 Å². The van der Waals surface area contributed by atoms with Gasteiger partial charge in [-0.2, -0.15) is 0 Å². The van der Waals surface area contributed by atoms with Crippen LogP contribution in [0.4, 0.5) is 5.69 Å². The Morgan fingerprint density at radius 3 is 2.47 bits per heavy atom. The number of thioether (sulfide) groups is 1. The van der Waals surface area contributed by atoms with Crippen LogP contribution in [0, 0.1) is 0 Å². The molecule has 0 radical (unpaired) electrons. The summed E-state index contributed by atoms with van der Waals surface area (Å²) in [6.07, 6.45) is 1.39. The SMILES string of the molecule is CCCc1nc(SCC(=O)Nc2ccc(OC)c(OC)c2)c2c(=O)n(C)c(=O)n(C)c2n1. The molecule has 2 heterocycles. The molecule has 170 valence electrons. The third-order valence-corrected chi connectivity index (χ3v) is 5.77. The highest BCUT2D eigenvalue weighted by Crippen LogP contribution is 2.30. The van der Waals surface area contributed by atoms with E-state index in [2.05, 4.69) is 15.3 Å². The molecular formula is C21H25N5O5S. The molecule has 0 aliphatic carbocycles. The van der Waals surface area contributed by atoms with E-state index in [1.807, 2.05) is 6.92 Å². The molecule has 0 saturated heterocycles. The van der Waals surface area contributed by atoms with Gasteiger partial charge in [0.25, 0.3) is 5.56 Å². The Kier molecular flexibility index (Phi) is 7.18. The molecule has 32 heavy (non-hydrogen) atoms. The lowest BCUT2D eigenvalue weighted by atomic mass is 10.2. The zero-order valence-electron chi connectivity index (χ0n) is 18.6. The summed E-state index contributed by atoms with van der Waals surface area (Å²) in [4.78, 5) is 46.6. The topological polar surface area (TPSA) is 117 Å². The first kappa shape index (κ1) is 23.3. The first-order chi connectivity index (χ1) is 15.3. The van der Waals surface area contributed by atoms with Crippen molar-refractivity contribution in [3.63, 3.8) is 0 Å². The van der Waals surface area contributed by atoms with E-state index < -0.39 is 11.2 Å². The predicted molar refractivity (Wildman–Crippen MR) is 123 cm³/mol. The lowest BCUT2D eigenvalue weighted by molar-refractivity contribution is -0.113. The number of nitrogens with zero attached hydrogens (tertiary/aromatic N) is 4. The van der Waals surface area contributed by atoms with E-state index in [0.29, 0.717) is 34.5 Å². The molecule has 0 atom stereocenters. The van der Waals surface area contributed by atoms with Crippen molar-refractivity contribution in [1.29, 1.82) is 0 Å². The van der Waals surface area contributed by atoms with Gasteiger partial charge in [-0.05, 0) is 18.6 Å². The van der Waals surface area contributed by atoms with Gasteiger partial charge in [-0.3, -0.25) is 18.7 Å². The Labute approximate surface area is 188 Å². The second-order valence-electron chi connectivity index (χ2n) is 7.01. The number of carbonyl (C=O) groups is 1. The molecule has 10 nitrogen and oxygen atoms in total. The number of fused-ring (bicyclic) bond motifs is 1. The van der Waals surface area contributed by atoms with Crippen molar-refractivity contribution in [2.24, 2.45) is 14.1 Å². The number of anilines is 1. The first-order valence-electron chi connectivity index (χ1n) is 9.92. The van der Waals surface area contributed by atoms with E-state index in [1.165, 1.54) is 25.8 Å². The summed E-state index contributed by atoms with van der Waals surface area (Å²) < 4.78 is 12.8. The minimum atomic E-state index is -0.492. The maximum absolute atomic E-state index is 12.8. The number of hydrogen-bond donors (Lipinski definition) is 1. The number of carbonyl (C=O) groups excluding carboxylic acids is 1. The lowest BCUT2D eigenvalue weighted by Gasteiger charge is -2.12. The predicted octanol–water partition coefficient (Wildman–Crippen LogP) is 1.73. The van der Waals surface area contributed by atoms with E-state index in [0.717, 1.165) is 22.7 Å². The molecule has 1 N–H and O–H groups in total. The van der Waals surface area contributed by atoms with Gasteiger partial charge in [-0.15, -0.1) is 0 Å². The fraction of sp³-hybridized carbons (Fsp3) is 0.381. The number of nitrogens with one attached hydrogen (secondary N) is 1. The molecule has 0 aliphatic heterocycles. The van der Waals surface area contributed by atoms with Gasteiger partial charge < -0.3 is 14.8 Å². The molecule has 0 fully saturated rings. The fourth-order valence-electron chi connectivity index (χ4n) is 3.16. The molecular weight excluding hydrogens is 434 g/mol. The van der Waals surface area contributed by atoms with Crippen molar-refractivity contribution in [1.82, 2.24) is 19.1 Å². The lowest BCUT2D eigenvalue weighted by Crippen LogP contribution is -2.38. The third kappa shape index (κ3) is 4.62. The zero-order chi connectivity index (χ0) is 23.4. The zero-order valence-corrected chi connectivity index (χ0v) is 19.4. The van der Waals surface area contributed by atoms with Crippen molar-refractivity contribution >= 4 is 34.4 Å². The monoisotopic (exact) mass is 459 g/mol. The molecule has 2 aromatic heterocycles. The van der Waals surface area contributed by atoms with Crippen molar-refractivity contribution in [2.45, 2.75) is 24.8 Å². The number of aromatic nitrogens is 4. The molecule has 11 heteroatoms. The normalized spacial score (nSPS) is 10.9. The minimum Gasteiger partial charge on any atom is -0.493 e. The van der Waals surface area contributed by atoms with Crippen LogP contribution in [0.2, 0.25) is 0 Å². The van der Waals surface area contributed by atoms with Crippen molar-refractivity contribution in [3.05, 3.63) is 44.9 Å². The Morgan fingerprint density at radius 1 is 1.09 bits per heavy atom. The van der Waals surface area contributed by atoms with Gasteiger partial charge in [0, 0.05) is 32.3 Å². The molecule has 1 aromatic carbocycles. The molecule has 0 bridgehead atoms. The molecule has 0 saturated carbocycles. The molecule has 0 unspecified atom stereocenters. The molecule has 0 spiro atoms. The average molecular weight is 460 g/mol. The Morgan fingerprint density at radius 2 is 1.81 bits per heavy atom. The summed E-state index contributed by atoms with van der Waals surface area (Å²) in [6, 6.07) is 5.06.